The summed E-state index contributed by atoms with van der Waals surface area (Å²) in [6.07, 6.45) is 0. The maximum atomic E-state index is 11.1. The summed E-state index contributed by atoms with van der Waals surface area (Å²) in [6.45, 7) is 1.68. The minimum atomic E-state index is -1.23. The predicted octanol–water partition coefficient (Wildman–Crippen LogP) is 2.76. The molecule has 0 unspecified atom stereocenters. The summed E-state index contributed by atoms with van der Waals surface area (Å²) >= 11 is 0. The molecule has 0 aromatic heterocycles. The Bertz CT molecular complexity index is 759. The van der Waals surface area contributed by atoms with E-state index >= 15 is 0 Å². The number of hydrogen-bond acceptors (Lipinski definition) is 3. The first-order valence-corrected chi connectivity index (χ1v) is 6.25. The summed E-state index contributed by atoms with van der Waals surface area (Å²) in [5.74, 6) is -3.53. The molecule has 0 saturated heterocycles. The van der Waals surface area contributed by atoms with Gasteiger partial charge >= 0.3 is 17.9 Å². The van der Waals surface area contributed by atoms with Crippen molar-refractivity contribution in [3.05, 3.63) is 58.7 Å². The molecule has 0 spiro atoms. The van der Waals surface area contributed by atoms with Crippen molar-refractivity contribution in [3.63, 3.8) is 0 Å². The van der Waals surface area contributed by atoms with Gasteiger partial charge in [-0.1, -0.05) is 6.07 Å². The van der Waals surface area contributed by atoms with Crippen molar-refractivity contribution in [1.82, 2.24) is 0 Å². The molecule has 22 heavy (non-hydrogen) atoms. The van der Waals surface area contributed by atoms with Crippen LogP contribution in [0.25, 0.3) is 11.1 Å². The van der Waals surface area contributed by atoms with Crippen LogP contribution in [-0.2, 0) is 0 Å². The molecule has 2 rings (SSSR count). The van der Waals surface area contributed by atoms with Gasteiger partial charge in [0.1, 0.15) is 0 Å². The third kappa shape index (κ3) is 2.95. The van der Waals surface area contributed by atoms with E-state index in [9.17, 15) is 14.4 Å². The van der Waals surface area contributed by atoms with E-state index in [1.165, 1.54) is 30.3 Å². The lowest BCUT2D eigenvalue weighted by Gasteiger charge is -2.09. The minimum absolute atomic E-state index is 0.106. The number of hydrogen-bond donors (Lipinski definition) is 3. The number of carbonyl (C=O) groups is 3. The van der Waals surface area contributed by atoms with Crippen LogP contribution < -0.4 is 0 Å². The lowest BCUT2D eigenvalue weighted by Crippen LogP contribution is -2.03. The quantitative estimate of drug-likeness (QED) is 0.800. The summed E-state index contributed by atoms with van der Waals surface area (Å²) in [4.78, 5) is 33.2. The zero-order valence-corrected chi connectivity index (χ0v) is 11.5. The van der Waals surface area contributed by atoms with Crippen molar-refractivity contribution in [2.75, 3.05) is 0 Å². The van der Waals surface area contributed by atoms with E-state index in [1.807, 2.05) is 0 Å². The molecule has 0 atom stereocenters. The van der Waals surface area contributed by atoms with Crippen LogP contribution in [0.15, 0.2) is 36.4 Å². The van der Waals surface area contributed by atoms with Gasteiger partial charge in [0.25, 0.3) is 0 Å². The van der Waals surface area contributed by atoms with E-state index < -0.39 is 17.9 Å². The van der Waals surface area contributed by atoms with Crippen molar-refractivity contribution in [3.8, 4) is 11.1 Å². The Morgan fingerprint density at radius 1 is 0.727 bits per heavy atom. The van der Waals surface area contributed by atoms with Gasteiger partial charge in [0.05, 0.1) is 16.7 Å². The average Bonchev–Trinajstić information content (AvgIpc) is 2.46. The standard InChI is InChI=1S/C16H12O6/c1-8-4-9(14(17)18)2-3-13(8)10-5-11(15(19)20)7-12(6-10)16(21)22/h2-7H,1H3,(H,17,18)(H,19,20)(H,21,22). The Morgan fingerprint density at radius 3 is 1.64 bits per heavy atom. The second kappa shape index (κ2) is 5.69. The Balaban J connectivity index is 2.63. The van der Waals surface area contributed by atoms with Gasteiger partial charge in [-0.3, -0.25) is 0 Å². The number of carboxylic acid groups (broad SMARTS) is 3. The Kier molecular flexibility index (Phi) is 3.94. The van der Waals surface area contributed by atoms with Crippen LogP contribution in [0, 0.1) is 6.92 Å². The van der Waals surface area contributed by atoms with Gasteiger partial charge in [-0.25, -0.2) is 14.4 Å². The zero-order chi connectivity index (χ0) is 16.4. The highest BCUT2D eigenvalue weighted by atomic mass is 16.4. The fraction of sp³-hybridized carbons (Fsp3) is 0.0625. The maximum absolute atomic E-state index is 11.1. The molecule has 0 bridgehead atoms. The first kappa shape index (κ1) is 15.2. The van der Waals surface area contributed by atoms with Gasteiger partial charge in [0, 0.05) is 0 Å². The molecule has 0 aliphatic carbocycles. The molecule has 0 radical (unpaired) electrons. The van der Waals surface area contributed by atoms with Crippen LogP contribution in [0.1, 0.15) is 36.6 Å². The number of rotatable bonds is 4. The topological polar surface area (TPSA) is 112 Å². The highest BCUT2D eigenvalue weighted by molar-refractivity contribution is 5.96. The van der Waals surface area contributed by atoms with Gasteiger partial charge in [-0.15, -0.1) is 0 Å². The zero-order valence-electron chi connectivity index (χ0n) is 11.5. The third-order valence-corrected chi connectivity index (χ3v) is 3.21. The second-order valence-corrected chi connectivity index (χ2v) is 4.74. The van der Waals surface area contributed by atoms with Crippen molar-refractivity contribution in [2.45, 2.75) is 6.92 Å². The molecule has 0 heterocycles. The van der Waals surface area contributed by atoms with Crippen molar-refractivity contribution >= 4 is 17.9 Å². The van der Waals surface area contributed by atoms with E-state index in [0.717, 1.165) is 6.07 Å². The lowest BCUT2D eigenvalue weighted by molar-refractivity contribution is 0.0682. The normalized spacial score (nSPS) is 10.2. The molecule has 0 amide bonds. The first-order chi connectivity index (χ1) is 10.3. The Hall–Kier alpha value is -3.15. The molecular weight excluding hydrogens is 288 g/mol. The van der Waals surface area contributed by atoms with Crippen LogP contribution >= 0.6 is 0 Å². The molecule has 6 heteroatoms. The fourth-order valence-electron chi connectivity index (χ4n) is 2.15. The number of carboxylic acids is 3. The molecule has 3 N–H and O–H groups in total. The first-order valence-electron chi connectivity index (χ1n) is 6.25. The maximum Gasteiger partial charge on any atom is 0.335 e. The summed E-state index contributed by atoms with van der Waals surface area (Å²) in [6, 6.07) is 8.17. The summed E-state index contributed by atoms with van der Waals surface area (Å²) in [5.41, 5.74) is 1.42. The highest BCUT2D eigenvalue weighted by Crippen LogP contribution is 2.27. The second-order valence-electron chi connectivity index (χ2n) is 4.74. The Labute approximate surface area is 125 Å². The molecule has 0 saturated carbocycles. The molecule has 0 fully saturated rings. The van der Waals surface area contributed by atoms with Gasteiger partial charge in [-0.05, 0) is 53.9 Å². The monoisotopic (exact) mass is 300 g/mol. The molecule has 112 valence electrons. The molecule has 0 aliphatic heterocycles. The van der Waals surface area contributed by atoms with E-state index in [4.69, 9.17) is 15.3 Å². The van der Waals surface area contributed by atoms with Crippen LogP contribution in [-0.4, -0.2) is 33.2 Å². The third-order valence-electron chi connectivity index (χ3n) is 3.21. The van der Waals surface area contributed by atoms with Crippen LogP contribution in [0.2, 0.25) is 0 Å². The van der Waals surface area contributed by atoms with E-state index in [0.29, 0.717) is 16.7 Å². The lowest BCUT2D eigenvalue weighted by atomic mass is 9.95. The summed E-state index contributed by atoms with van der Waals surface area (Å²) < 4.78 is 0. The largest absolute Gasteiger partial charge is 0.478 e. The minimum Gasteiger partial charge on any atom is -0.478 e. The molecule has 2 aromatic carbocycles. The van der Waals surface area contributed by atoms with Crippen molar-refractivity contribution in [1.29, 1.82) is 0 Å². The van der Waals surface area contributed by atoms with Gasteiger partial charge in [0.15, 0.2) is 0 Å². The van der Waals surface area contributed by atoms with E-state index in [2.05, 4.69) is 0 Å². The molecular formula is C16H12O6. The van der Waals surface area contributed by atoms with Gasteiger partial charge < -0.3 is 15.3 Å². The fourth-order valence-corrected chi connectivity index (χ4v) is 2.15. The van der Waals surface area contributed by atoms with Gasteiger partial charge in [0.2, 0.25) is 0 Å². The highest BCUT2D eigenvalue weighted by Gasteiger charge is 2.14. The number of aryl methyl sites for hydroxylation is 1. The van der Waals surface area contributed by atoms with Crippen LogP contribution in [0.4, 0.5) is 0 Å². The SMILES string of the molecule is Cc1cc(C(=O)O)ccc1-c1cc(C(=O)O)cc(C(=O)O)c1. The van der Waals surface area contributed by atoms with E-state index in [-0.39, 0.29) is 16.7 Å². The molecule has 6 nitrogen and oxygen atoms in total. The molecule has 0 aliphatic rings. The molecule has 2 aromatic rings. The predicted molar refractivity (Wildman–Crippen MR) is 77.5 cm³/mol. The Morgan fingerprint density at radius 2 is 1.23 bits per heavy atom. The number of benzene rings is 2. The van der Waals surface area contributed by atoms with E-state index in [1.54, 1.807) is 6.92 Å². The van der Waals surface area contributed by atoms with Crippen LogP contribution in [0.3, 0.4) is 0 Å². The number of aromatic carboxylic acids is 3. The van der Waals surface area contributed by atoms with Crippen LogP contribution in [0.5, 0.6) is 0 Å². The summed E-state index contributed by atoms with van der Waals surface area (Å²) in [7, 11) is 0. The van der Waals surface area contributed by atoms with Crippen molar-refractivity contribution in [2.24, 2.45) is 0 Å². The van der Waals surface area contributed by atoms with Gasteiger partial charge in [-0.2, -0.15) is 0 Å². The smallest absolute Gasteiger partial charge is 0.335 e. The average molecular weight is 300 g/mol. The van der Waals surface area contributed by atoms with Crippen molar-refractivity contribution < 1.29 is 29.7 Å². The summed E-state index contributed by atoms with van der Waals surface area (Å²) in [5, 5.41) is 27.1.